The molecule has 0 amide bonds. The van der Waals surface area contributed by atoms with Crippen LogP contribution in [0.5, 0.6) is 5.75 Å². The summed E-state index contributed by atoms with van der Waals surface area (Å²) >= 11 is 0. The molecule has 3 rings (SSSR count). The van der Waals surface area contributed by atoms with E-state index < -0.39 is 0 Å². The predicted molar refractivity (Wildman–Crippen MR) is 61.9 cm³/mol. The fourth-order valence-corrected chi connectivity index (χ4v) is 3.24. The number of ether oxygens (including phenoxy) is 1. The summed E-state index contributed by atoms with van der Waals surface area (Å²) in [5, 5.41) is 0. The molecule has 2 heteroatoms. The quantitative estimate of drug-likeness (QED) is 0.721. The lowest BCUT2D eigenvalue weighted by Crippen LogP contribution is -2.44. The highest BCUT2D eigenvalue weighted by atomic mass is 16.5. The maximum absolute atomic E-state index is 11.3. The Hall–Kier alpha value is -1.31. The minimum Gasteiger partial charge on any atom is -0.497 e. The second-order valence-corrected chi connectivity index (χ2v) is 5.05. The van der Waals surface area contributed by atoms with Crippen molar-refractivity contribution in [3.63, 3.8) is 0 Å². The molecule has 0 saturated heterocycles. The van der Waals surface area contributed by atoms with E-state index in [1.54, 1.807) is 7.11 Å². The molecule has 2 aliphatic rings. The van der Waals surface area contributed by atoms with Gasteiger partial charge < -0.3 is 4.74 Å². The number of methoxy groups -OCH3 is 1. The summed E-state index contributed by atoms with van der Waals surface area (Å²) in [7, 11) is 1.70. The first-order chi connectivity index (χ1) is 7.73. The van der Waals surface area contributed by atoms with Crippen LogP contribution in [-0.2, 0) is 16.6 Å². The minimum atomic E-state index is 0.191. The van der Waals surface area contributed by atoms with Gasteiger partial charge in [0.15, 0.2) is 0 Å². The van der Waals surface area contributed by atoms with E-state index in [0.717, 1.165) is 25.0 Å². The predicted octanol–water partition coefficient (Wildman–Crippen LogP) is 2.63. The summed E-state index contributed by atoms with van der Waals surface area (Å²) in [5.41, 5.74) is 2.98. The number of rotatable bonds is 1. The molecule has 1 aromatic carbocycles. The Labute approximate surface area is 95.6 Å². The van der Waals surface area contributed by atoms with Crippen molar-refractivity contribution < 1.29 is 9.53 Å². The van der Waals surface area contributed by atoms with Crippen LogP contribution in [0.25, 0.3) is 0 Å². The van der Waals surface area contributed by atoms with Crippen LogP contribution in [0.2, 0.25) is 0 Å². The van der Waals surface area contributed by atoms with Crippen LogP contribution < -0.4 is 4.74 Å². The van der Waals surface area contributed by atoms with Crippen molar-refractivity contribution in [2.24, 2.45) is 0 Å². The van der Waals surface area contributed by atoms with Crippen molar-refractivity contribution in [2.45, 2.75) is 37.5 Å². The summed E-state index contributed by atoms with van der Waals surface area (Å²) in [6.07, 6.45) is 5.02. The lowest BCUT2D eigenvalue weighted by atomic mass is 9.58. The van der Waals surface area contributed by atoms with Crippen molar-refractivity contribution >= 4 is 5.78 Å². The van der Waals surface area contributed by atoms with Gasteiger partial charge in [-0.2, -0.15) is 0 Å². The highest BCUT2D eigenvalue weighted by molar-refractivity contribution is 5.89. The van der Waals surface area contributed by atoms with Gasteiger partial charge in [0.1, 0.15) is 11.5 Å². The highest BCUT2D eigenvalue weighted by Gasteiger charge is 2.46. The van der Waals surface area contributed by atoms with E-state index in [1.165, 1.54) is 24.0 Å². The molecule has 1 aromatic rings. The second kappa shape index (κ2) is 3.34. The van der Waals surface area contributed by atoms with E-state index >= 15 is 0 Å². The number of hydrogen-bond donors (Lipinski definition) is 0. The van der Waals surface area contributed by atoms with Crippen LogP contribution in [-0.4, -0.2) is 12.9 Å². The van der Waals surface area contributed by atoms with Gasteiger partial charge in [0.05, 0.1) is 7.11 Å². The molecule has 1 saturated carbocycles. The van der Waals surface area contributed by atoms with Gasteiger partial charge in [-0.1, -0.05) is 6.07 Å². The first-order valence-electron chi connectivity index (χ1n) is 5.93. The fraction of sp³-hybridized carbons (Fsp3) is 0.500. The van der Waals surface area contributed by atoms with Gasteiger partial charge in [-0.25, -0.2) is 0 Å². The van der Waals surface area contributed by atoms with Crippen molar-refractivity contribution in [3.8, 4) is 5.75 Å². The Morgan fingerprint density at radius 1 is 1.31 bits per heavy atom. The minimum absolute atomic E-state index is 0.191. The number of aryl methyl sites for hydroxylation is 1. The largest absolute Gasteiger partial charge is 0.497 e. The molecule has 84 valence electrons. The second-order valence-electron chi connectivity index (χ2n) is 5.05. The summed E-state index contributed by atoms with van der Waals surface area (Å²) in [6.45, 7) is 0. The normalized spacial score (nSPS) is 21.4. The summed E-state index contributed by atoms with van der Waals surface area (Å²) in [6, 6.07) is 6.33. The number of ketones is 1. The summed E-state index contributed by atoms with van der Waals surface area (Å²) in [5.74, 6) is 1.35. The molecule has 0 bridgehead atoms. The lowest BCUT2D eigenvalue weighted by molar-refractivity contribution is -0.129. The van der Waals surface area contributed by atoms with Crippen LogP contribution in [0, 0.1) is 0 Å². The zero-order valence-corrected chi connectivity index (χ0v) is 9.58. The third-order valence-electron chi connectivity index (χ3n) is 4.06. The van der Waals surface area contributed by atoms with Crippen LogP contribution in [0.15, 0.2) is 18.2 Å². The molecule has 0 aromatic heterocycles. The maximum Gasteiger partial charge on any atom is 0.134 e. The molecule has 1 fully saturated rings. The van der Waals surface area contributed by atoms with Gasteiger partial charge in [0.25, 0.3) is 0 Å². The average molecular weight is 216 g/mol. The highest BCUT2D eigenvalue weighted by Crippen LogP contribution is 2.49. The Bertz CT molecular complexity index is 440. The first kappa shape index (κ1) is 9.88. The third-order valence-corrected chi connectivity index (χ3v) is 4.06. The Morgan fingerprint density at radius 2 is 2.12 bits per heavy atom. The molecule has 0 heterocycles. The molecule has 2 aliphatic carbocycles. The standard InChI is InChI=1S/C14H16O2/c1-16-12-4-5-13-10(7-12)3-2-6-14(13)8-11(15)9-14/h4-5,7H,2-3,6,8-9H2,1H3. The molecular weight excluding hydrogens is 200 g/mol. The van der Waals surface area contributed by atoms with Gasteiger partial charge in [-0.15, -0.1) is 0 Å². The average Bonchev–Trinajstić information content (AvgIpc) is 2.27. The van der Waals surface area contributed by atoms with Gasteiger partial charge in [-0.3, -0.25) is 4.79 Å². The molecule has 1 spiro atoms. The monoisotopic (exact) mass is 216 g/mol. The van der Waals surface area contributed by atoms with Crippen molar-refractivity contribution in [1.82, 2.24) is 0 Å². The summed E-state index contributed by atoms with van der Waals surface area (Å²) < 4.78 is 5.25. The van der Waals surface area contributed by atoms with E-state index in [2.05, 4.69) is 12.1 Å². The molecule has 0 aliphatic heterocycles. The first-order valence-corrected chi connectivity index (χ1v) is 5.93. The smallest absolute Gasteiger partial charge is 0.134 e. The summed E-state index contributed by atoms with van der Waals surface area (Å²) in [4.78, 5) is 11.3. The van der Waals surface area contributed by atoms with Gasteiger partial charge in [-0.05, 0) is 42.5 Å². The fourth-order valence-electron chi connectivity index (χ4n) is 3.24. The zero-order valence-electron chi connectivity index (χ0n) is 9.58. The van der Waals surface area contributed by atoms with Crippen LogP contribution in [0.3, 0.4) is 0 Å². The molecule has 0 N–H and O–H groups in total. The van der Waals surface area contributed by atoms with Crippen LogP contribution in [0.4, 0.5) is 0 Å². The number of hydrogen-bond acceptors (Lipinski definition) is 2. The van der Waals surface area contributed by atoms with E-state index in [0.29, 0.717) is 5.78 Å². The molecule has 16 heavy (non-hydrogen) atoms. The van der Waals surface area contributed by atoms with Gasteiger partial charge in [0, 0.05) is 18.3 Å². The molecule has 2 nitrogen and oxygen atoms in total. The van der Waals surface area contributed by atoms with E-state index in [9.17, 15) is 4.79 Å². The molecular formula is C14H16O2. The van der Waals surface area contributed by atoms with Crippen molar-refractivity contribution in [3.05, 3.63) is 29.3 Å². The van der Waals surface area contributed by atoms with E-state index in [1.807, 2.05) is 6.07 Å². The Balaban J connectivity index is 2.03. The topological polar surface area (TPSA) is 26.3 Å². The lowest BCUT2D eigenvalue weighted by Gasteiger charge is -2.45. The molecule has 0 atom stereocenters. The maximum atomic E-state index is 11.3. The number of carbonyl (C=O) groups is 1. The third kappa shape index (κ3) is 1.29. The van der Waals surface area contributed by atoms with Crippen LogP contribution >= 0.6 is 0 Å². The van der Waals surface area contributed by atoms with Crippen molar-refractivity contribution in [2.75, 3.05) is 7.11 Å². The van der Waals surface area contributed by atoms with Gasteiger partial charge in [0.2, 0.25) is 0 Å². The number of carbonyl (C=O) groups excluding carboxylic acids is 1. The van der Waals surface area contributed by atoms with E-state index in [-0.39, 0.29) is 5.41 Å². The van der Waals surface area contributed by atoms with E-state index in [4.69, 9.17) is 4.74 Å². The van der Waals surface area contributed by atoms with Crippen molar-refractivity contribution in [1.29, 1.82) is 0 Å². The number of fused-ring (bicyclic) bond motifs is 2. The Kier molecular flexibility index (Phi) is 2.06. The zero-order chi connectivity index (χ0) is 11.2. The Morgan fingerprint density at radius 3 is 2.81 bits per heavy atom. The molecule has 0 unspecified atom stereocenters. The van der Waals surface area contributed by atoms with Gasteiger partial charge >= 0.3 is 0 Å². The number of benzene rings is 1. The SMILES string of the molecule is COc1ccc2c(c1)CCCC21CC(=O)C1. The van der Waals surface area contributed by atoms with Crippen LogP contribution in [0.1, 0.15) is 36.8 Å². The molecule has 0 radical (unpaired) electrons. The number of Topliss-reactive ketones (excluding diaryl/α,β-unsaturated/α-hetero) is 1.